The summed E-state index contributed by atoms with van der Waals surface area (Å²) in [6.45, 7) is 1.80. The van der Waals surface area contributed by atoms with Crippen molar-refractivity contribution in [3.63, 3.8) is 0 Å². The van der Waals surface area contributed by atoms with Crippen molar-refractivity contribution in [1.29, 1.82) is 0 Å². The van der Waals surface area contributed by atoms with E-state index in [0.717, 1.165) is 5.56 Å². The van der Waals surface area contributed by atoms with E-state index in [1.165, 1.54) is 6.07 Å². The molecule has 3 nitrogen and oxygen atoms in total. The number of anilines is 2. The number of halogens is 3. The first-order valence-electron chi connectivity index (χ1n) is 5.70. The molecule has 0 aliphatic rings. The number of aryl methyl sites for hydroxylation is 1. The molecule has 6 heteroatoms. The fourth-order valence-corrected chi connectivity index (χ4v) is 1.70. The third kappa shape index (κ3) is 2.74. The maximum atomic E-state index is 13.4. The summed E-state index contributed by atoms with van der Waals surface area (Å²) in [6, 6.07) is 5.65. The van der Waals surface area contributed by atoms with Crippen molar-refractivity contribution in [3.8, 4) is 0 Å². The second kappa shape index (κ2) is 5.24. The summed E-state index contributed by atoms with van der Waals surface area (Å²) in [5.74, 6) is -4.34. The second-order valence-corrected chi connectivity index (χ2v) is 4.29. The van der Waals surface area contributed by atoms with E-state index < -0.39 is 29.0 Å². The van der Waals surface area contributed by atoms with Gasteiger partial charge in [-0.15, -0.1) is 0 Å². The zero-order valence-corrected chi connectivity index (χ0v) is 10.5. The van der Waals surface area contributed by atoms with Crippen LogP contribution in [-0.4, -0.2) is 5.91 Å². The molecule has 0 aliphatic carbocycles. The molecule has 0 bridgehead atoms. The predicted molar refractivity (Wildman–Crippen MR) is 69.9 cm³/mol. The molecule has 0 heterocycles. The van der Waals surface area contributed by atoms with Crippen molar-refractivity contribution in [2.75, 3.05) is 11.1 Å². The molecule has 2 aromatic rings. The van der Waals surface area contributed by atoms with E-state index in [9.17, 15) is 18.0 Å². The van der Waals surface area contributed by atoms with Crippen LogP contribution < -0.4 is 11.1 Å². The van der Waals surface area contributed by atoms with E-state index in [-0.39, 0.29) is 11.3 Å². The minimum atomic E-state index is -1.32. The Morgan fingerprint density at radius 1 is 1.05 bits per heavy atom. The van der Waals surface area contributed by atoms with Crippen LogP contribution in [0.15, 0.2) is 30.3 Å². The summed E-state index contributed by atoms with van der Waals surface area (Å²) < 4.78 is 39.2. The van der Waals surface area contributed by atoms with Gasteiger partial charge in [-0.3, -0.25) is 4.79 Å². The smallest absolute Gasteiger partial charge is 0.257 e. The van der Waals surface area contributed by atoms with Crippen molar-refractivity contribution in [1.82, 2.24) is 0 Å². The number of carbonyl (C=O) groups excluding carboxylic acids is 1. The lowest BCUT2D eigenvalue weighted by Crippen LogP contribution is -2.15. The molecule has 3 N–H and O–H groups in total. The number of nitrogen functional groups attached to an aromatic ring is 1. The third-order valence-electron chi connectivity index (χ3n) is 2.71. The van der Waals surface area contributed by atoms with E-state index >= 15 is 0 Å². The molecular formula is C14H11F3N2O. The lowest BCUT2D eigenvalue weighted by atomic mass is 10.1. The summed E-state index contributed by atoms with van der Waals surface area (Å²) in [6.07, 6.45) is 0. The van der Waals surface area contributed by atoms with Gasteiger partial charge in [0, 0.05) is 17.8 Å². The molecule has 0 saturated heterocycles. The molecule has 0 saturated carbocycles. The number of amides is 1. The van der Waals surface area contributed by atoms with Crippen molar-refractivity contribution >= 4 is 17.3 Å². The van der Waals surface area contributed by atoms with Gasteiger partial charge < -0.3 is 11.1 Å². The number of hydrogen-bond donors (Lipinski definition) is 2. The van der Waals surface area contributed by atoms with E-state index in [4.69, 9.17) is 5.73 Å². The molecule has 1 amide bonds. The van der Waals surface area contributed by atoms with Crippen LogP contribution in [0.1, 0.15) is 15.9 Å². The normalized spacial score (nSPS) is 10.4. The Morgan fingerprint density at radius 2 is 1.70 bits per heavy atom. The molecule has 0 spiro atoms. The maximum absolute atomic E-state index is 13.4. The number of rotatable bonds is 2. The van der Waals surface area contributed by atoms with Crippen molar-refractivity contribution < 1.29 is 18.0 Å². The van der Waals surface area contributed by atoms with Gasteiger partial charge in [0.25, 0.3) is 5.91 Å². The molecule has 0 atom stereocenters. The third-order valence-corrected chi connectivity index (χ3v) is 2.71. The fourth-order valence-electron chi connectivity index (χ4n) is 1.70. The fraction of sp³-hybridized carbons (Fsp3) is 0.0714. The SMILES string of the molecule is Cc1ccc(C(=O)Nc2cc(F)c(F)cc2F)c(N)c1. The van der Waals surface area contributed by atoms with E-state index in [0.29, 0.717) is 12.1 Å². The highest BCUT2D eigenvalue weighted by Gasteiger charge is 2.15. The number of carbonyl (C=O) groups is 1. The van der Waals surface area contributed by atoms with Gasteiger partial charge in [0.2, 0.25) is 0 Å². The van der Waals surface area contributed by atoms with Gasteiger partial charge in [0.15, 0.2) is 11.6 Å². The maximum Gasteiger partial charge on any atom is 0.257 e. The topological polar surface area (TPSA) is 55.1 Å². The van der Waals surface area contributed by atoms with E-state index in [2.05, 4.69) is 5.32 Å². The molecule has 104 valence electrons. The van der Waals surface area contributed by atoms with Crippen LogP contribution in [0, 0.1) is 24.4 Å². The molecule has 0 aliphatic heterocycles. The highest BCUT2D eigenvalue weighted by atomic mass is 19.2. The average molecular weight is 280 g/mol. The summed E-state index contributed by atoms with van der Waals surface area (Å²) in [4.78, 5) is 11.9. The first-order chi connectivity index (χ1) is 9.38. The van der Waals surface area contributed by atoms with Crippen LogP contribution >= 0.6 is 0 Å². The van der Waals surface area contributed by atoms with Crippen LogP contribution in [-0.2, 0) is 0 Å². The van der Waals surface area contributed by atoms with Gasteiger partial charge in [-0.1, -0.05) is 6.07 Å². The number of benzene rings is 2. The Kier molecular flexibility index (Phi) is 3.65. The molecule has 0 aromatic heterocycles. The van der Waals surface area contributed by atoms with Gasteiger partial charge in [-0.25, -0.2) is 13.2 Å². The summed E-state index contributed by atoms with van der Waals surface area (Å²) >= 11 is 0. The Labute approximate surface area is 113 Å². The molecule has 0 fully saturated rings. The molecule has 20 heavy (non-hydrogen) atoms. The molecule has 2 aromatic carbocycles. The van der Waals surface area contributed by atoms with Gasteiger partial charge in [-0.2, -0.15) is 0 Å². The quantitative estimate of drug-likeness (QED) is 0.655. The Bertz CT molecular complexity index is 686. The van der Waals surface area contributed by atoms with Crippen molar-refractivity contribution in [2.45, 2.75) is 6.92 Å². The highest BCUT2D eigenvalue weighted by molar-refractivity contribution is 6.07. The molecular weight excluding hydrogens is 269 g/mol. The molecule has 0 radical (unpaired) electrons. The zero-order valence-electron chi connectivity index (χ0n) is 10.5. The van der Waals surface area contributed by atoms with Gasteiger partial charge in [-0.05, 0) is 24.6 Å². The minimum Gasteiger partial charge on any atom is -0.398 e. The van der Waals surface area contributed by atoms with Gasteiger partial charge in [0.1, 0.15) is 5.82 Å². The monoisotopic (exact) mass is 280 g/mol. The number of hydrogen-bond acceptors (Lipinski definition) is 2. The van der Waals surface area contributed by atoms with Gasteiger partial charge >= 0.3 is 0 Å². The number of nitrogens with two attached hydrogens (primary N) is 1. The summed E-state index contributed by atoms with van der Waals surface area (Å²) in [7, 11) is 0. The average Bonchev–Trinajstić information content (AvgIpc) is 2.35. The Morgan fingerprint density at radius 3 is 2.35 bits per heavy atom. The van der Waals surface area contributed by atoms with Crippen LogP contribution in [0.2, 0.25) is 0 Å². The van der Waals surface area contributed by atoms with E-state index in [1.54, 1.807) is 19.1 Å². The van der Waals surface area contributed by atoms with Crippen LogP contribution in [0.3, 0.4) is 0 Å². The lowest BCUT2D eigenvalue weighted by molar-refractivity contribution is 0.102. The summed E-state index contributed by atoms with van der Waals surface area (Å²) in [5.41, 5.74) is 6.43. The Balaban J connectivity index is 2.30. The zero-order chi connectivity index (χ0) is 14.9. The highest BCUT2D eigenvalue weighted by Crippen LogP contribution is 2.21. The lowest BCUT2D eigenvalue weighted by Gasteiger charge is -2.09. The second-order valence-electron chi connectivity index (χ2n) is 4.29. The largest absolute Gasteiger partial charge is 0.398 e. The molecule has 0 unspecified atom stereocenters. The first-order valence-corrected chi connectivity index (χ1v) is 5.70. The minimum absolute atomic E-state index is 0.125. The van der Waals surface area contributed by atoms with Crippen molar-refractivity contribution in [3.05, 3.63) is 58.9 Å². The molecule has 2 rings (SSSR count). The van der Waals surface area contributed by atoms with E-state index in [1.807, 2.05) is 0 Å². The van der Waals surface area contributed by atoms with Crippen LogP contribution in [0.5, 0.6) is 0 Å². The summed E-state index contributed by atoms with van der Waals surface area (Å²) in [5, 5.41) is 2.15. The van der Waals surface area contributed by atoms with Gasteiger partial charge in [0.05, 0.1) is 11.3 Å². The van der Waals surface area contributed by atoms with Crippen molar-refractivity contribution in [2.24, 2.45) is 0 Å². The predicted octanol–water partition coefficient (Wildman–Crippen LogP) is 3.25. The Hall–Kier alpha value is -2.50. The first kappa shape index (κ1) is 13.9. The van der Waals surface area contributed by atoms with Crippen LogP contribution in [0.25, 0.3) is 0 Å². The standard InChI is InChI=1S/C14H11F3N2O/c1-7-2-3-8(12(18)4-7)14(20)19-13-6-10(16)9(15)5-11(13)17/h2-6H,18H2,1H3,(H,19,20). The number of nitrogens with one attached hydrogen (secondary N) is 1. The van der Waals surface area contributed by atoms with Crippen LogP contribution in [0.4, 0.5) is 24.5 Å².